The van der Waals surface area contributed by atoms with Crippen LogP contribution in [0.15, 0.2) is 108 Å². The molecule has 45 heavy (non-hydrogen) atoms. The Morgan fingerprint density at radius 3 is 1.89 bits per heavy atom. The number of amides is 2. The molecule has 0 spiro atoms. The van der Waals surface area contributed by atoms with Crippen LogP contribution in [-0.2, 0) is 32.6 Å². The Balaban J connectivity index is 1.83. The highest BCUT2D eigenvalue weighted by atomic mass is 32.2. The lowest BCUT2D eigenvalue weighted by molar-refractivity contribution is -0.140. The highest BCUT2D eigenvalue weighted by Crippen LogP contribution is 2.29. The van der Waals surface area contributed by atoms with Gasteiger partial charge in [-0.15, -0.1) is 0 Å². The van der Waals surface area contributed by atoms with Crippen molar-refractivity contribution in [2.75, 3.05) is 10.8 Å². The number of benzene rings is 4. The molecule has 0 aliphatic carbocycles. The molecule has 0 aromatic heterocycles. The lowest BCUT2D eigenvalue weighted by Crippen LogP contribution is -2.56. The first-order valence-corrected chi connectivity index (χ1v) is 16.5. The zero-order valence-electron chi connectivity index (χ0n) is 26.9. The monoisotopic (exact) mass is 625 g/mol. The van der Waals surface area contributed by atoms with Gasteiger partial charge in [0.2, 0.25) is 11.8 Å². The van der Waals surface area contributed by atoms with E-state index in [1.807, 2.05) is 114 Å². The Morgan fingerprint density at radius 1 is 0.756 bits per heavy atom. The van der Waals surface area contributed by atoms with Gasteiger partial charge in [0.1, 0.15) is 12.6 Å². The standard InChI is InChI=1S/C37H43N3O4S/c1-27-18-21-32(22-19-27)45(43,44)40(33-23-28(2)17-20-29(33)3)26-35(41)39(25-31-15-11-8-12-16-31)34(36(42)38-37(4,5)6)24-30-13-9-7-10-14-30/h7-23,34H,24-26H2,1-6H3,(H,38,42)/t34-/m0/s1. The maximum atomic E-state index is 14.6. The summed E-state index contributed by atoms with van der Waals surface area (Å²) < 4.78 is 29.7. The highest BCUT2D eigenvalue weighted by molar-refractivity contribution is 7.92. The fourth-order valence-electron chi connectivity index (χ4n) is 5.13. The van der Waals surface area contributed by atoms with E-state index in [9.17, 15) is 18.0 Å². The first-order chi connectivity index (χ1) is 21.2. The van der Waals surface area contributed by atoms with Crippen LogP contribution < -0.4 is 9.62 Å². The van der Waals surface area contributed by atoms with Crippen LogP contribution in [0.3, 0.4) is 0 Å². The van der Waals surface area contributed by atoms with Gasteiger partial charge < -0.3 is 10.2 Å². The third kappa shape index (κ3) is 8.82. The van der Waals surface area contributed by atoms with Crippen LogP contribution in [0.2, 0.25) is 0 Å². The Hall–Kier alpha value is -4.43. The Kier molecular flexibility index (Phi) is 10.5. The minimum atomic E-state index is -4.16. The summed E-state index contributed by atoms with van der Waals surface area (Å²) in [6, 6.07) is 30.2. The van der Waals surface area contributed by atoms with Crippen LogP contribution in [-0.4, -0.2) is 43.3 Å². The maximum Gasteiger partial charge on any atom is 0.264 e. The van der Waals surface area contributed by atoms with E-state index in [2.05, 4.69) is 5.32 Å². The minimum absolute atomic E-state index is 0.0859. The fourth-order valence-corrected chi connectivity index (χ4v) is 6.60. The molecule has 8 heteroatoms. The van der Waals surface area contributed by atoms with E-state index in [0.717, 1.165) is 22.3 Å². The van der Waals surface area contributed by atoms with E-state index in [0.29, 0.717) is 11.3 Å². The first-order valence-electron chi connectivity index (χ1n) is 15.1. The van der Waals surface area contributed by atoms with Crippen molar-refractivity contribution in [3.05, 3.63) is 131 Å². The molecule has 0 saturated heterocycles. The second-order valence-electron chi connectivity index (χ2n) is 12.6. The van der Waals surface area contributed by atoms with Gasteiger partial charge in [-0.05, 0) is 82.0 Å². The molecule has 0 radical (unpaired) electrons. The molecular weight excluding hydrogens is 582 g/mol. The Morgan fingerprint density at radius 2 is 1.31 bits per heavy atom. The van der Waals surface area contributed by atoms with Crippen molar-refractivity contribution < 1.29 is 18.0 Å². The molecule has 0 saturated carbocycles. The number of nitrogens with one attached hydrogen (secondary N) is 1. The van der Waals surface area contributed by atoms with Gasteiger partial charge >= 0.3 is 0 Å². The molecule has 4 rings (SSSR count). The van der Waals surface area contributed by atoms with Crippen LogP contribution in [0.5, 0.6) is 0 Å². The lowest BCUT2D eigenvalue weighted by atomic mass is 10.0. The van der Waals surface area contributed by atoms with Crippen LogP contribution in [0.4, 0.5) is 5.69 Å². The van der Waals surface area contributed by atoms with E-state index in [1.54, 1.807) is 30.3 Å². The molecule has 236 valence electrons. The molecule has 7 nitrogen and oxygen atoms in total. The van der Waals surface area contributed by atoms with Gasteiger partial charge in [0.15, 0.2) is 0 Å². The summed E-state index contributed by atoms with van der Waals surface area (Å²) in [5.41, 5.74) is 4.08. The normalized spacial score (nSPS) is 12.3. The first kappa shape index (κ1) is 33.5. The molecule has 4 aromatic rings. The second kappa shape index (κ2) is 14.1. The average molecular weight is 626 g/mol. The lowest BCUT2D eigenvalue weighted by Gasteiger charge is -2.35. The van der Waals surface area contributed by atoms with Crippen molar-refractivity contribution in [3.63, 3.8) is 0 Å². The topological polar surface area (TPSA) is 86.8 Å². The average Bonchev–Trinajstić information content (AvgIpc) is 2.99. The van der Waals surface area contributed by atoms with E-state index < -0.39 is 34.1 Å². The molecule has 2 amide bonds. The second-order valence-corrected chi connectivity index (χ2v) is 14.4. The summed E-state index contributed by atoms with van der Waals surface area (Å²) >= 11 is 0. The van der Waals surface area contributed by atoms with E-state index >= 15 is 0 Å². The summed E-state index contributed by atoms with van der Waals surface area (Å²) in [5.74, 6) is -0.796. The van der Waals surface area contributed by atoms with Crippen LogP contribution in [0.1, 0.15) is 48.6 Å². The molecule has 0 aliphatic rings. The SMILES string of the molecule is Cc1ccc(S(=O)(=O)N(CC(=O)N(Cc2ccccc2)[C@@H](Cc2ccccc2)C(=O)NC(C)(C)C)c2cc(C)ccc2C)cc1. The minimum Gasteiger partial charge on any atom is -0.350 e. The quantitative estimate of drug-likeness (QED) is 0.210. The molecule has 0 heterocycles. The van der Waals surface area contributed by atoms with Crippen LogP contribution >= 0.6 is 0 Å². The van der Waals surface area contributed by atoms with Crippen molar-refractivity contribution >= 4 is 27.5 Å². The Labute approximate surface area is 268 Å². The number of nitrogens with zero attached hydrogens (tertiary/aromatic N) is 2. The predicted molar refractivity (Wildman–Crippen MR) is 180 cm³/mol. The van der Waals surface area contributed by atoms with Crippen molar-refractivity contribution in [3.8, 4) is 0 Å². The van der Waals surface area contributed by atoms with Crippen molar-refractivity contribution in [1.29, 1.82) is 0 Å². The zero-order chi connectivity index (χ0) is 32.8. The highest BCUT2D eigenvalue weighted by Gasteiger charge is 2.36. The van der Waals surface area contributed by atoms with Gasteiger partial charge in [-0.2, -0.15) is 0 Å². The van der Waals surface area contributed by atoms with Crippen molar-refractivity contribution in [2.24, 2.45) is 0 Å². The summed E-state index contributed by atoms with van der Waals surface area (Å²) in [7, 11) is -4.16. The van der Waals surface area contributed by atoms with Gasteiger partial charge in [-0.25, -0.2) is 8.42 Å². The fraction of sp³-hybridized carbons (Fsp3) is 0.297. The molecule has 0 fully saturated rings. The summed E-state index contributed by atoms with van der Waals surface area (Å²) in [5, 5.41) is 3.06. The van der Waals surface area contributed by atoms with Gasteiger partial charge in [0.25, 0.3) is 10.0 Å². The predicted octanol–water partition coefficient (Wildman–Crippen LogP) is 6.36. The number of carbonyl (C=O) groups excluding carboxylic acids is 2. The third-order valence-electron chi connectivity index (χ3n) is 7.49. The van der Waals surface area contributed by atoms with E-state index in [1.165, 1.54) is 9.21 Å². The number of anilines is 1. The summed E-state index contributed by atoms with van der Waals surface area (Å²) in [6.45, 7) is 10.9. The number of sulfonamides is 1. The van der Waals surface area contributed by atoms with E-state index in [-0.39, 0.29) is 23.8 Å². The van der Waals surface area contributed by atoms with Gasteiger partial charge in [0, 0.05) is 18.5 Å². The molecule has 0 aliphatic heterocycles. The molecule has 0 unspecified atom stereocenters. The van der Waals surface area contributed by atoms with Gasteiger partial charge in [-0.1, -0.05) is 90.5 Å². The zero-order valence-corrected chi connectivity index (χ0v) is 27.8. The van der Waals surface area contributed by atoms with Crippen LogP contribution in [0, 0.1) is 20.8 Å². The molecule has 0 bridgehead atoms. The smallest absolute Gasteiger partial charge is 0.264 e. The van der Waals surface area contributed by atoms with Crippen molar-refractivity contribution in [2.45, 2.75) is 71.0 Å². The van der Waals surface area contributed by atoms with E-state index in [4.69, 9.17) is 0 Å². The maximum absolute atomic E-state index is 14.6. The molecular formula is C37H43N3O4S. The Bertz CT molecular complexity index is 1720. The number of aryl methyl sites for hydroxylation is 3. The summed E-state index contributed by atoms with van der Waals surface area (Å²) in [4.78, 5) is 30.2. The number of hydrogen-bond acceptors (Lipinski definition) is 4. The van der Waals surface area contributed by atoms with Crippen molar-refractivity contribution in [1.82, 2.24) is 10.2 Å². The van der Waals surface area contributed by atoms with Crippen LogP contribution in [0.25, 0.3) is 0 Å². The molecule has 4 aromatic carbocycles. The number of carbonyl (C=O) groups is 2. The summed E-state index contributed by atoms with van der Waals surface area (Å²) in [6.07, 6.45) is 0.259. The third-order valence-corrected chi connectivity index (χ3v) is 9.26. The van der Waals surface area contributed by atoms with Gasteiger partial charge in [0.05, 0.1) is 10.6 Å². The number of hydrogen-bond donors (Lipinski definition) is 1. The number of rotatable bonds is 11. The van der Waals surface area contributed by atoms with Gasteiger partial charge in [-0.3, -0.25) is 13.9 Å². The molecule has 1 N–H and O–H groups in total. The molecule has 1 atom stereocenters. The largest absolute Gasteiger partial charge is 0.350 e.